The number of benzene rings is 1. The molecule has 11 heteroatoms. The summed E-state index contributed by atoms with van der Waals surface area (Å²) in [6.45, 7) is 1.38. The standard InChI is InChI=1S/C29H28FN5OS.C3H4F2.CH4.V/c1-34(29-32-18-24(30)28(33-29)25-19-31-27-12-6-7-13-35(25)27)21-15-20(26-11-8-14-37-26)16-23(17-21)36-22-9-4-2-3-5-10-22;1-2-3(4)5;;/h6-8,11-19,22H,2-5,9-10H2,1H3;3H,1H3;1H4;. The molecule has 1 aliphatic rings. The van der Waals surface area contributed by atoms with E-state index in [1.165, 1.54) is 38.8 Å². The number of anilines is 2. The van der Waals surface area contributed by atoms with E-state index in [1.54, 1.807) is 34.5 Å². The molecule has 6 rings (SSSR count). The Kier molecular flexibility index (Phi) is 11.8. The van der Waals surface area contributed by atoms with Crippen molar-refractivity contribution in [2.24, 2.45) is 0 Å². The second-order valence-electron chi connectivity index (χ2n) is 10.4. The van der Waals surface area contributed by atoms with Gasteiger partial charge in [0.15, 0.2) is 5.82 Å². The van der Waals surface area contributed by atoms with Crippen LogP contribution in [0.2, 0.25) is 0 Å². The van der Waals surface area contributed by atoms with Crippen LogP contribution in [0.3, 0.4) is 0 Å². The first-order chi connectivity index (χ1) is 20.8. The number of nitrogens with zero attached hydrogens (tertiary/aromatic N) is 5. The first kappa shape index (κ1) is 33.4. The van der Waals surface area contributed by atoms with Gasteiger partial charge in [-0.2, -0.15) is 0 Å². The molecular formula is C33H36F3N5OSV. The van der Waals surface area contributed by atoms with Gasteiger partial charge in [-0.05, 0) is 67.0 Å². The molecule has 0 N–H and O–H groups in total. The third kappa shape index (κ3) is 8.17. The summed E-state index contributed by atoms with van der Waals surface area (Å²) in [5.74, 6) is 0.738. The van der Waals surface area contributed by atoms with Gasteiger partial charge in [0.25, 0.3) is 0 Å². The molecule has 0 unspecified atom stereocenters. The molecule has 0 radical (unpaired) electrons. The molecule has 6 nitrogen and oxygen atoms in total. The van der Waals surface area contributed by atoms with Crippen molar-refractivity contribution >= 4 is 32.8 Å². The average molecular weight is 659 g/mol. The van der Waals surface area contributed by atoms with Gasteiger partial charge in [0.2, 0.25) is 5.95 Å². The third-order valence-corrected chi connectivity index (χ3v) is 8.42. The maximum absolute atomic E-state index is 14.9. The molecule has 44 heavy (non-hydrogen) atoms. The predicted molar refractivity (Wildman–Crippen MR) is 170 cm³/mol. The zero-order chi connectivity index (χ0) is 30.3. The molecule has 5 aromatic rings. The zero-order valence-electron chi connectivity index (χ0n) is 24.0. The van der Waals surface area contributed by atoms with E-state index in [9.17, 15) is 13.2 Å². The Balaban J connectivity index is 0.000000576. The molecule has 4 aromatic heterocycles. The average Bonchev–Trinajstić information content (AvgIpc) is 3.63. The second kappa shape index (κ2) is 15.5. The van der Waals surface area contributed by atoms with Gasteiger partial charge in [-0.3, -0.25) is 4.40 Å². The molecule has 1 saturated carbocycles. The summed E-state index contributed by atoms with van der Waals surface area (Å²) in [7, 11) is 1.90. The number of ether oxygens (including phenoxy) is 1. The Labute approximate surface area is 269 Å². The molecule has 1 aliphatic carbocycles. The molecule has 0 spiro atoms. The molecule has 1 fully saturated rings. The SMILES string of the molecule is C.CN(c1cc(OC2CCCCCC2)cc(-c2cccs2)c1)c1ncc(F)c(-c2cnc3ccccn23)n1.C[C](=[V])C(F)F. The molecule has 0 aliphatic heterocycles. The van der Waals surface area contributed by atoms with Gasteiger partial charge in [0.05, 0.1) is 24.2 Å². The fraction of sp³-hybridized carbons (Fsp3) is 0.333. The fourth-order valence-electron chi connectivity index (χ4n) is 4.90. The Bertz CT molecular complexity index is 1670. The van der Waals surface area contributed by atoms with Crippen LogP contribution in [0, 0.1) is 5.82 Å². The number of thiophene rings is 1. The van der Waals surface area contributed by atoms with E-state index in [-0.39, 0.29) is 23.5 Å². The molecule has 231 valence electrons. The number of alkyl halides is 2. The van der Waals surface area contributed by atoms with Gasteiger partial charge in [-0.15, -0.1) is 11.3 Å². The number of halogens is 3. The third-order valence-electron chi connectivity index (χ3n) is 7.20. The van der Waals surface area contributed by atoms with Crippen LogP contribution in [0.15, 0.2) is 72.5 Å². The first-order valence-corrected chi connectivity index (χ1v) is 15.7. The van der Waals surface area contributed by atoms with Crippen LogP contribution < -0.4 is 9.64 Å². The van der Waals surface area contributed by atoms with Crippen molar-refractivity contribution in [3.05, 3.63) is 78.3 Å². The van der Waals surface area contributed by atoms with Gasteiger partial charge in [-0.25, -0.2) is 19.3 Å². The molecule has 1 aromatic carbocycles. The van der Waals surface area contributed by atoms with Crippen LogP contribution in [-0.2, 0) is 17.0 Å². The summed E-state index contributed by atoms with van der Waals surface area (Å²) in [5, 5.41) is 2.07. The van der Waals surface area contributed by atoms with E-state index >= 15 is 0 Å². The monoisotopic (exact) mass is 658 g/mol. The van der Waals surface area contributed by atoms with Crippen molar-refractivity contribution in [3.8, 4) is 27.6 Å². The van der Waals surface area contributed by atoms with E-state index in [4.69, 9.17) is 4.74 Å². The summed E-state index contributed by atoms with van der Waals surface area (Å²) in [6, 6.07) is 16.1. The van der Waals surface area contributed by atoms with Gasteiger partial charge < -0.3 is 9.64 Å². The van der Waals surface area contributed by atoms with E-state index in [2.05, 4.69) is 38.5 Å². The topological polar surface area (TPSA) is 55.5 Å². The quantitative estimate of drug-likeness (QED) is 0.163. The molecule has 0 atom stereocenters. The summed E-state index contributed by atoms with van der Waals surface area (Å²) in [4.78, 5) is 16.4. The van der Waals surface area contributed by atoms with Crippen LogP contribution >= 0.6 is 11.3 Å². The molecule has 0 amide bonds. The molecule has 4 heterocycles. The van der Waals surface area contributed by atoms with E-state index in [1.807, 2.05) is 52.9 Å². The summed E-state index contributed by atoms with van der Waals surface area (Å²) < 4.78 is 45.6. The van der Waals surface area contributed by atoms with Gasteiger partial charge in [-0.1, -0.05) is 32.4 Å². The van der Waals surface area contributed by atoms with Gasteiger partial charge >= 0.3 is 43.3 Å². The predicted octanol–water partition coefficient (Wildman–Crippen LogP) is 9.16. The van der Waals surface area contributed by atoms with Gasteiger partial charge in [0, 0.05) is 29.9 Å². The van der Waals surface area contributed by atoms with Crippen molar-refractivity contribution in [3.63, 3.8) is 0 Å². The van der Waals surface area contributed by atoms with Crippen LogP contribution in [0.1, 0.15) is 52.9 Å². The number of rotatable bonds is 7. The minimum atomic E-state index is -2.26. The normalized spacial score (nSPS) is 13.5. The minimum absolute atomic E-state index is 0. The van der Waals surface area contributed by atoms with Crippen LogP contribution in [-0.4, -0.2) is 43.2 Å². The first-order valence-electron chi connectivity index (χ1n) is 14.1. The Hall–Kier alpha value is -3.47. The molecule has 0 saturated heterocycles. The number of fused-ring (bicyclic) bond motifs is 1. The Morgan fingerprint density at radius 1 is 1.05 bits per heavy atom. The summed E-state index contributed by atoms with van der Waals surface area (Å²) >= 11 is 3.50. The number of imidazole rings is 1. The number of pyridine rings is 1. The number of hydrogen-bond acceptors (Lipinski definition) is 6. The van der Waals surface area contributed by atoms with Crippen molar-refractivity contribution in [2.75, 3.05) is 11.9 Å². The van der Waals surface area contributed by atoms with Crippen molar-refractivity contribution in [1.82, 2.24) is 19.4 Å². The molecule has 0 bridgehead atoms. The van der Waals surface area contributed by atoms with Crippen molar-refractivity contribution < 1.29 is 34.9 Å². The van der Waals surface area contributed by atoms with E-state index in [0.29, 0.717) is 11.6 Å². The van der Waals surface area contributed by atoms with Crippen LogP contribution in [0.25, 0.3) is 27.5 Å². The van der Waals surface area contributed by atoms with E-state index < -0.39 is 12.2 Å². The number of hydrogen-bond donors (Lipinski definition) is 0. The van der Waals surface area contributed by atoms with Crippen molar-refractivity contribution in [2.45, 2.75) is 65.4 Å². The molecular weight excluding hydrogens is 622 g/mol. The zero-order valence-corrected chi connectivity index (χ0v) is 26.2. The van der Waals surface area contributed by atoms with E-state index in [0.717, 1.165) is 40.4 Å². The van der Waals surface area contributed by atoms with Crippen molar-refractivity contribution in [1.29, 1.82) is 0 Å². The Morgan fingerprint density at radius 2 is 1.80 bits per heavy atom. The second-order valence-corrected chi connectivity index (χ2v) is 12.4. The summed E-state index contributed by atoms with van der Waals surface area (Å²) in [5.41, 5.74) is 3.47. The number of aromatic nitrogens is 4. The van der Waals surface area contributed by atoms with Crippen LogP contribution in [0.4, 0.5) is 24.8 Å². The Morgan fingerprint density at radius 3 is 2.48 bits per heavy atom. The summed E-state index contributed by atoms with van der Waals surface area (Å²) in [6.07, 6.45) is 9.81. The maximum atomic E-state index is 14.9. The van der Waals surface area contributed by atoms with Crippen LogP contribution in [0.5, 0.6) is 5.75 Å². The fourth-order valence-corrected chi connectivity index (χ4v) is 5.62. The van der Waals surface area contributed by atoms with Gasteiger partial charge in [0.1, 0.15) is 17.1 Å².